The van der Waals surface area contributed by atoms with Gasteiger partial charge in [0.1, 0.15) is 19.0 Å². The van der Waals surface area contributed by atoms with Gasteiger partial charge in [0.2, 0.25) is 0 Å². The van der Waals surface area contributed by atoms with E-state index in [-0.39, 0.29) is 17.7 Å². The maximum absolute atomic E-state index is 14.1. The van der Waals surface area contributed by atoms with Crippen LogP contribution < -0.4 is 14.4 Å². The number of Topliss-reactive ketones (excluding diaryl/α,β-unsaturated/α-hetero) is 1. The highest BCUT2D eigenvalue weighted by Crippen LogP contribution is 2.53. The molecule has 3 aliphatic rings. The zero-order valence-corrected chi connectivity index (χ0v) is 19.6. The average Bonchev–Trinajstić information content (AvgIpc) is 3.26. The number of ether oxygens (including phenoxy) is 3. The zero-order chi connectivity index (χ0) is 24.7. The number of carbonyl (C=O) groups is 3. The lowest BCUT2D eigenvalue weighted by atomic mass is 9.81. The molecule has 0 bridgehead atoms. The molecule has 2 amide bonds. The summed E-state index contributed by atoms with van der Waals surface area (Å²) in [7, 11) is 1.54. The quantitative estimate of drug-likeness (QED) is 0.294. The van der Waals surface area contributed by atoms with Gasteiger partial charge in [0, 0.05) is 37.9 Å². The van der Waals surface area contributed by atoms with Crippen molar-refractivity contribution in [3.8, 4) is 11.5 Å². The number of likely N-dealkylation sites (tertiary alicyclic amines) is 1. The summed E-state index contributed by atoms with van der Waals surface area (Å²) >= 11 is 0. The van der Waals surface area contributed by atoms with E-state index in [1.54, 1.807) is 54.5 Å². The third kappa shape index (κ3) is 3.22. The van der Waals surface area contributed by atoms with Crippen molar-refractivity contribution in [1.82, 2.24) is 4.90 Å². The highest BCUT2D eigenvalue weighted by Gasteiger charge is 2.66. The lowest BCUT2D eigenvalue weighted by molar-refractivity contribution is -0.143. The minimum Gasteiger partial charge on any atom is -0.507 e. The van der Waals surface area contributed by atoms with Crippen LogP contribution in [0.1, 0.15) is 24.5 Å². The molecule has 0 saturated carbocycles. The molecule has 3 heterocycles. The Morgan fingerprint density at radius 1 is 1.09 bits per heavy atom. The lowest BCUT2D eigenvalue weighted by Gasteiger charge is -2.34. The van der Waals surface area contributed by atoms with Gasteiger partial charge in [0.05, 0.1) is 11.3 Å². The molecule has 5 rings (SSSR count). The van der Waals surface area contributed by atoms with E-state index in [2.05, 4.69) is 0 Å². The van der Waals surface area contributed by atoms with Crippen LogP contribution in [0.3, 0.4) is 0 Å². The number of likely N-dealkylation sites (N-methyl/N-ethyl adjacent to an activating group) is 1. The topological polar surface area (TPSA) is 106 Å². The molecule has 0 unspecified atom stereocenters. The molecule has 2 aromatic rings. The Labute approximate surface area is 202 Å². The summed E-state index contributed by atoms with van der Waals surface area (Å²) < 4.78 is 16.3. The van der Waals surface area contributed by atoms with Crippen LogP contribution in [0.5, 0.6) is 11.5 Å². The molecule has 182 valence electrons. The van der Waals surface area contributed by atoms with Crippen LogP contribution in [0.25, 0.3) is 5.76 Å². The Hall–Kier alpha value is -3.85. The second-order valence-corrected chi connectivity index (χ2v) is 8.49. The number of fused-ring (bicyclic) bond motifs is 3. The summed E-state index contributed by atoms with van der Waals surface area (Å²) in [5.74, 6) is -1.69. The number of methoxy groups -OCH3 is 1. The number of amides is 2. The maximum Gasteiger partial charge on any atom is 0.296 e. The van der Waals surface area contributed by atoms with E-state index >= 15 is 0 Å². The van der Waals surface area contributed by atoms with Crippen molar-refractivity contribution >= 4 is 29.0 Å². The first kappa shape index (κ1) is 22.9. The first-order valence-electron chi connectivity index (χ1n) is 11.6. The minimum atomic E-state index is -1.77. The third-order valence-electron chi connectivity index (χ3n) is 6.67. The molecule has 9 heteroatoms. The number of aliphatic hydroxyl groups is 1. The third-order valence-corrected chi connectivity index (χ3v) is 6.67. The molecule has 0 radical (unpaired) electrons. The van der Waals surface area contributed by atoms with Gasteiger partial charge < -0.3 is 29.1 Å². The van der Waals surface area contributed by atoms with Crippen molar-refractivity contribution in [3.05, 3.63) is 59.2 Å². The first-order chi connectivity index (χ1) is 17.0. The van der Waals surface area contributed by atoms with E-state index < -0.39 is 28.9 Å². The maximum atomic E-state index is 14.1. The molecule has 1 atom stereocenters. The van der Waals surface area contributed by atoms with E-state index in [9.17, 15) is 19.5 Å². The van der Waals surface area contributed by atoms with Gasteiger partial charge in [-0.05, 0) is 37.6 Å². The van der Waals surface area contributed by atoms with Crippen LogP contribution in [0, 0.1) is 0 Å². The summed E-state index contributed by atoms with van der Waals surface area (Å²) in [5.41, 5.74) is -0.672. The Balaban J connectivity index is 1.76. The number of para-hydroxylation sites is 1. The fraction of sp³-hybridized carbons (Fsp3) is 0.346. The van der Waals surface area contributed by atoms with E-state index in [0.717, 1.165) is 0 Å². The second-order valence-electron chi connectivity index (χ2n) is 8.49. The number of carbonyl (C=O) groups excluding carboxylic acids is 3. The van der Waals surface area contributed by atoms with Gasteiger partial charge in [-0.3, -0.25) is 14.4 Å². The van der Waals surface area contributed by atoms with Gasteiger partial charge in [-0.2, -0.15) is 0 Å². The van der Waals surface area contributed by atoms with E-state index in [0.29, 0.717) is 55.5 Å². The number of hydrogen-bond acceptors (Lipinski definition) is 7. The summed E-state index contributed by atoms with van der Waals surface area (Å²) in [6, 6.07) is 11.8. The van der Waals surface area contributed by atoms with Crippen molar-refractivity contribution in [1.29, 1.82) is 0 Å². The molecule has 1 saturated heterocycles. The molecule has 35 heavy (non-hydrogen) atoms. The van der Waals surface area contributed by atoms with Crippen molar-refractivity contribution in [2.75, 3.05) is 44.9 Å². The van der Waals surface area contributed by atoms with Crippen molar-refractivity contribution in [2.24, 2.45) is 0 Å². The molecule has 0 aromatic heterocycles. The van der Waals surface area contributed by atoms with Crippen LogP contribution in [-0.4, -0.2) is 67.6 Å². The Bertz CT molecular complexity index is 1250. The Morgan fingerprint density at radius 3 is 2.57 bits per heavy atom. The van der Waals surface area contributed by atoms with Crippen LogP contribution >= 0.6 is 0 Å². The lowest BCUT2D eigenvalue weighted by Crippen LogP contribution is -2.52. The van der Waals surface area contributed by atoms with Crippen LogP contribution in [0.2, 0.25) is 0 Å². The number of hydrogen-bond donors (Lipinski definition) is 1. The van der Waals surface area contributed by atoms with Crippen LogP contribution in [0.15, 0.2) is 48.0 Å². The predicted molar refractivity (Wildman–Crippen MR) is 126 cm³/mol. The largest absolute Gasteiger partial charge is 0.507 e. The molecular weight excluding hydrogens is 452 g/mol. The number of ketones is 1. The van der Waals surface area contributed by atoms with E-state index in [1.165, 1.54) is 4.90 Å². The van der Waals surface area contributed by atoms with Crippen molar-refractivity contribution in [3.63, 3.8) is 0 Å². The highest BCUT2D eigenvalue weighted by atomic mass is 16.6. The number of anilines is 1. The van der Waals surface area contributed by atoms with Gasteiger partial charge >= 0.3 is 0 Å². The van der Waals surface area contributed by atoms with E-state index in [4.69, 9.17) is 14.2 Å². The monoisotopic (exact) mass is 478 g/mol. The highest BCUT2D eigenvalue weighted by molar-refractivity contribution is 6.50. The SMILES string of the molecule is CCN1C(=O)[C@]2(/C(=C(\O)c3ccc4c(c3)OCCO4)C(=O)C(=O)N2CCCOC)c2ccccc21. The number of benzene rings is 2. The minimum absolute atomic E-state index is 0.105. The fourth-order valence-electron chi connectivity index (χ4n) is 5.18. The average molecular weight is 479 g/mol. The number of rotatable bonds is 6. The van der Waals surface area contributed by atoms with Crippen molar-refractivity contribution < 1.29 is 33.7 Å². The molecule has 1 fully saturated rings. The Kier molecular flexibility index (Phi) is 5.72. The molecule has 9 nitrogen and oxygen atoms in total. The first-order valence-corrected chi connectivity index (χ1v) is 11.6. The standard InChI is InChI=1S/C26H26N2O7/c1-3-27-18-8-5-4-7-17(18)26(25(27)32)21(23(30)24(31)28(26)11-6-12-33-2)22(29)16-9-10-19-20(15-16)35-14-13-34-19/h4-5,7-10,15,29H,3,6,11-14H2,1-2H3/b22-21-/t26-/m1/s1. The summed E-state index contributed by atoms with van der Waals surface area (Å²) in [6.07, 6.45) is 0.414. The smallest absolute Gasteiger partial charge is 0.296 e. The van der Waals surface area contributed by atoms with Crippen LogP contribution in [-0.2, 0) is 24.7 Å². The van der Waals surface area contributed by atoms with Gasteiger partial charge in [0.15, 0.2) is 17.0 Å². The molecule has 1 spiro atoms. The molecule has 2 aromatic carbocycles. The molecule has 1 N–H and O–H groups in total. The number of aliphatic hydroxyl groups excluding tert-OH is 1. The molecular formula is C26H26N2O7. The summed E-state index contributed by atoms with van der Waals surface area (Å²) in [6.45, 7) is 3.36. The van der Waals surface area contributed by atoms with Gasteiger partial charge in [-0.1, -0.05) is 18.2 Å². The Morgan fingerprint density at radius 2 is 1.83 bits per heavy atom. The van der Waals surface area contributed by atoms with Crippen LogP contribution in [0.4, 0.5) is 5.69 Å². The zero-order valence-electron chi connectivity index (χ0n) is 19.6. The molecule has 0 aliphatic carbocycles. The van der Waals surface area contributed by atoms with Gasteiger partial charge in [-0.25, -0.2) is 0 Å². The van der Waals surface area contributed by atoms with E-state index in [1.807, 2.05) is 6.92 Å². The van der Waals surface area contributed by atoms with Gasteiger partial charge in [-0.15, -0.1) is 0 Å². The van der Waals surface area contributed by atoms with Gasteiger partial charge in [0.25, 0.3) is 17.6 Å². The van der Waals surface area contributed by atoms with Crippen molar-refractivity contribution in [2.45, 2.75) is 18.9 Å². The molecule has 3 aliphatic heterocycles. The normalized spacial score (nSPS) is 22.3. The summed E-state index contributed by atoms with van der Waals surface area (Å²) in [4.78, 5) is 43.8. The predicted octanol–water partition coefficient (Wildman–Crippen LogP) is 2.44. The number of nitrogens with zero attached hydrogens (tertiary/aromatic N) is 2. The fourth-order valence-corrected chi connectivity index (χ4v) is 5.18. The summed E-state index contributed by atoms with van der Waals surface area (Å²) in [5, 5.41) is 11.5. The second kappa shape index (κ2) is 8.74.